The number of nitrogens with one attached hydrogen (secondary N) is 6. The van der Waals surface area contributed by atoms with E-state index >= 15 is 0 Å². The van der Waals surface area contributed by atoms with E-state index in [4.69, 9.17) is 5.73 Å². The number of likely N-dealkylation sites (N-methyl/N-ethyl adjacent to an activating group) is 2. The number of carbonyl (C=O) groups excluding carboxylic acids is 9. The van der Waals surface area contributed by atoms with Crippen LogP contribution in [0.1, 0.15) is 131 Å². The van der Waals surface area contributed by atoms with Crippen LogP contribution in [0, 0.1) is 23.2 Å². The minimum absolute atomic E-state index is 0.0253. The molecule has 78 heavy (non-hydrogen) atoms. The number of amides is 9. The van der Waals surface area contributed by atoms with Gasteiger partial charge in [0.05, 0.1) is 23.9 Å². The van der Waals surface area contributed by atoms with Crippen LogP contribution in [0.3, 0.4) is 0 Å². The summed E-state index contributed by atoms with van der Waals surface area (Å²) >= 11 is 0. The molecule has 20 nitrogen and oxygen atoms in total. The molecule has 9 amide bonds. The molecule has 1 aliphatic rings. The van der Waals surface area contributed by atoms with Crippen LogP contribution in [0.5, 0.6) is 0 Å². The van der Waals surface area contributed by atoms with Crippen molar-refractivity contribution in [1.82, 2.24) is 41.1 Å². The Morgan fingerprint density at radius 1 is 0.756 bits per heavy atom. The van der Waals surface area contributed by atoms with E-state index in [2.05, 4.69) is 31.3 Å². The van der Waals surface area contributed by atoms with Crippen LogP contribution in [0.4, 0.5) is 4.79 Å². The summed E-state index contributed by atoms with van der Waals surface area (Å²) in [4.78, 5) is 120. The Balaban J connectivity index is 1.63. The summed E-state index contributed by atoms with van der Waals surface area (Å²) in [6.45, 7) is 18.7. The normalized spacial score (nSPS) is 15.1. The molecule has 0 radical (unpaired) electrons. The van der Waals surface area contributed by atoms with Crippen LogP contribution in [-0.4, -0.2) is 123 Å². The Morgan fingerprint density at radius 3 is 1.91 bits per heavy atom. The molecule has 0 fully saturated rings. The van der Waals surface area contributed by atoms with Gasteiger partial charge in [0, 0.05) is 68.6 Å². The number of nitrogens with zero attached hydrogens (tertiary/aromatic N) is 2. The van der Waals surface area contributed by atoms with Crippen molar-refractivity contribution in [3.8, 4) is 0 Å². The number of primary amides is 1. The molecule has 430 valence electrons. The fourth-order valence-electron chi connectivity index (χ4n) is 9.23. The quantitative estimate of drug-likeness (QED) is 0.0314. The van der Waals surface area contributed by atoms with E-state index in [1.165, 1.54) is 24.0 Å². The van der Waals surface area contributed by atoms with Crippen molar-refractivity contribution < 1.29 is 51.6 Å². The molecular weight excluding hydrogens is 1020 g/mol. The summed E-state index contributed by atoms with van der Waals surface area (Å²) in [5, 5.41) is 14.3. The maximum Gasteiger partial charge on any atom is 0.312 e. The second-order valence-corrected chi connectivity index (χ2v) is 24.2. The molecule has 0 aromatic heterocycles. The molecule has 0 unspecified atom stereocenters. The van der Waals surface area contributed by atoms with Gasteiger partial charge in [-0.1, -0.05) is 129 Å². The van der Waals surface area contributed by atoms with Gasteiger partial charge in [-0.15, -0.1) is 0 Å². The lowest BCUT2D eigenvalue weighted by molar-refractivity contribution is -0.141. The number of sulfonamides is 1. The summed E-state index contributed by atoms with van der Waals surface area (Å²) < 4.78 is 28.9. The molecular formula is C57H85N9O11S. The molecule has 0 saturated carbocycles. The average molecular weight is 1100 g/mol. The third kappa shape index (κ3) is 20.2. The Bertz CT molecular complexity index is 2590. The van der Waals surface area contributed by atoms with E-state index in [0.29, 0.717) is 36.8 Å². The molecule has 0 saturated heterocycles. The molecule has 1 heterocycles. The van der Waals surface area contributed by atoms with Crippen molar-refractivity contribution in [2.24, 2.45) is 28.9 Å². The number of unbranched alkanes of at least 4 members (excludes halogenated alkanes) is 2. The molecule has 1 aliphatic heterocycles. The van der Waals surface area contributed by atoms with Crippen LogP contribution in [-0.2, 0) is 66.1 Å². The zero-order valence-corrected chi connectivity index (χ0v) is 48.4. The first-order chi connectivity index (χ1) is 36.4. The minimum Gasteiger partial charge on any atom is -0.352 e. The highest BCUT2D eigenvalue weighted by molar-refractivity contribution is 7.89. The Hall–Kier alpha value is -6.74. The minimum atomic E-state index is -4.23. The molecule has 0 bridgehead atoms. The summed E-state index contributed by atoms with van der Waals surface area (Å²) in [5.74, 6) is -5.41. The third-order valence-corrected chi connectivity index (χ3v) is 15.1. The van der Waals surface area contributed by atoms with Gasteiger partial charge in [0.15, 0.2) is 5.78 Å². The predicted octanol–water partition coefficient (Wildman–Crippen LogP) is 4.42. The van der Waals surface area contributed by atoms with Gasteiger partial charge in [-0.25, -0.2) is 17.9 Å². The highest BCUT2D eigenvalue weighted by atomic mass is 32.2. The first-order valence-corrected chi connectivity index (χ1v) is 28.3. The number of carbonyl (C=O) groups is 9. The average Bonchev–Trinajstić information content (AvgIpc) is 3.69. The van der Waals surface area contributed by atoms with E-state index in [9.17, 15) is 51.6 Å². The van der Waals surface area contributed by atoms with Crippen LogP contribution in [0.25, 0.3) is 0 Å². The van der Waals surface area contributed by atoms with Crippen molar-refractivity contribution in [3.63, 3.8) is 0 Å². The zero-order valence-electron chi connectivity index (χ0n) is 47.6. The highest BCUT2D eigenvalue weighted by Crippen LogP contribution is 2.29. The highest BCUT2D eigenvalue weighted by Gasteiger charge is 2.42. The van der Waals surface area contributed by atoms with Crippen LogP contribution >= 0.6 is 0 Å². The van der Waals surface area contributed by atoms with E-state index in [1.807, 2.05) is 78.8 Å². The fourth-order valence-corrected chi connectivity index (χ4v) is 10.4. The number of urea groups is 1. The van der Waals surface area contributed by atoms with Crippen LogP contribution < -0.4 is 37.0 Å². The Labute approximate surface area is 461 Å². The van der Waals surface area contributed by atoms with Gasteiger partial charge in [-0.3, -0.25) is 43.3 Å². The number of hydrogen-bond acceptors (Lipinski definition) is 12. The van der Waals surface area contributed by atoms with Gasteiger partial charge in [0.2, 0.25) is 33.7 Å². The lowest BCUT2D eigenvalue weighted by Gasteiger charge is -2.40. The van der Waals surface area contributed by atoms with Crippen molar-refractivity contribution in [1.29, 1.82) is 0 Å². The van der Waals surface area contributed by atoms with Crippen molar-refractivity contribution in [2.75, 3.05) is 27.2 Å². The summed E-state index contributed by atoms with van der Waals surface area (Å²) in [7, 11) is -0.946. The van der Waals surface area contributed by atoms with Gasteiger partial charge < -0.3 is 37.2 Å². The molecule has 0 spiro atoms. The maximum atomic E-state index is 14.4. The number of Topliss-reactive ketones (excluding diaryl/α,β-unsaturated/α-hetero) is 1. The summed E-state index contributed by atoms with van der Waals surface area (Å²) in [6, 6.07) is 12.0. The van der Waals surface area contributed by atoms with Gasteiger partial charge in [-0.05, 0) is 73.6 Å². The molecule has 3 rings (SSSR count). The van der Waals surface area contributed by atoms with E-state index in [1.54, 1.807) is 58.3 Å². The molecule has 5 atom stereocenters. The fraction of sp³-hybridized carbons (Fsp3) is 0.561. The molecule has 2 aromatic carbocycles. The molecule has 2 aromatic rings. The largest absolute Gasteiger partial charge is 0.352 e. The Kier molecular flexibility index (Phi) is 25.1. The SMILES string of the molecule is CN[C@H](C(=O)N[C@H](C(=O)N(C)[C@H](/C=C(\C)C(=O)NS(=O)(=O)Cc1ccc(CNC(=O)[C@H](CCCNC(N)=O)CC(=O)[C@@H](NC(=O)CCCCCN2C(=O)C=CC2=O)C(C)C)cc1)C(C)C)C(C)(C)C)C(C)(C)c1ccccc1. The van der Waals surface area contributed by atoms with E-state index in [0.717, 1.165) is 10.5 Å². The third-order valence-electron chi connectivity index (χ3n) is 13.9. The number of ketones is 1. The van der Waals surface area contributed by atoms with Crippen molar-refractivity contribution in [2.45, 2.75) is 156 Å². The van der Waals surface area contributed by atoms with Gasteiger partial charge >= 0.3 is 6.03 Å². The van der Waals surface area contributed by atoms with E-state index < -0.39 is 80.4 Å². The first kappa shape index (κ1) is 65.5. The molecule has 8 N–H and O–H groups in total. The van der Waals surface area contributed by atoms with Crippen molar-refractivity contribution >= 4 is 63.2 Å². The zero-order chi connectivity index (χ0) is 58.7. The number of nitrogens with two attached hydrogens (primary N) is 1. The standard InChI is InChI=1S/C57H85N9O11S/c1-36(2)43(65(12)54(74)50(56(6,7)8)63-53(73)49(59-11)57(9,10)42-21-15-13-16-22-42)32-38(5)51(71)64-78(76,77)35-40-26-24-39(25-27-40)34-61-52(72)41(20-19-30-60-55(58)75)33-44(67)48(37(3)4)62-45(68)23-17-14-18-31-66-46(69)28-29-47(66)70/h13,15-16,21-22,24-29,32,36-37,41,43,48-50,59H,14,17-20,23,30-31,33-35H2,1-12H3,(H,61,72)(H,62,68)(H,63,73)(H,64,71)(H3,58,60,75)/b38-32+/t41-,43-,48+,49-,50-/m1/s1. The van der Waals surface area contributed by atoms with Crippen molar-refractivity contribution in [3.05, 3.63) is 95.1 Å². The summed E-state index contributed by atoms with van der Waals surface area (Å²) in [6.07, 6.45) is 6.00. The number of rotatable bonds is 31. The topological polar surface area (TPSA) is 292 Å². The van der Waals surface area contributed by atoms with Gasteiger partial charge in [0.25, 0.3) is 17.7 Å². The number of benzene rings is 2. The smallest absolute Gasteiger partial charge is 0.312 e. The second-order valence-electron chi connectivity index (χ2n) is 22.4. The lowest BCUT2D eigenvalue weighted by atomic mass is 9.76. The lowest BCUT2D eigenvalue weighted by Crippen LogP contribution is -2.61. The first-order valence-electron chi connectivity index (χ1n) is 26.7. The van der Waals surface area contributed by atoms with Gasteiger partial charge in [-0.2, -0.15) is 0 Å². The Morgan fingerprint density at radius 2 is 1.36 bits per heavy atom. The number of imide groups is 1. The predicted molar refractivity (Wildman–Crippen MR) is 299 cm³/mol. The van der Waals surface area contributed by atoms with Crippen LogP contribution in [0.2, 0.25) is 0 Å². The molecule has 21 heteroatoms. The van der Waals surface area contributed by atoms with E-state index in [-0.39, 0.29) is 85.7 Å². The van der Waals surface area contributed by atoms with Crippen LogP contribution in [0.15, 0.2) is 78.4 Å². The number of hydrogen-bond donors (Lipinski definition) is 7. The summed E-state index contributed by atoms with van der Waals surface area (Å²) in [5.41, 5.74) is 5.80. The molecule has 0 aliphatic carbocycles. The monoisotopic (exact) mass is 1100 g/mol. The van der Waals surface area contributed by atoms with Gasteiger partial charge in [0.1, 0.15) is 6.04 Å². The maximum absolute atomic E-state index is 14.4. The second kappa shape index (κ2) is 29.8.